The van der Waals surface area contributed by atoms with Gasteiger partial charge in [0.1, 0.15) is 5.69 Å². The number of carbonyl (C=O) groups excluding carboxylic acids is 3. The van der Waals surface area contributed by atoms with Gasteiger partial charge in [-0.25, -0.2) is 4.79 Å². The number of hydrogen-bond donors (Lipinski definition) is 0. The number of rotatable bonds is 2. The monoisotopic (exact) mass is 428 g/mol. The average molecular weight is 429 g/mol. The van der Waals surface area contributed by atoms with Gasteiger partial charge in [-0.1, -0.05) is 0 Å². The highest BCUT2D eigenvalue weighted by molar-refractivity contribution is 5.92. The van der Waals surface area contributed by atoms with Crippen LogP contribution in [0.4, 0.5) is 4.79 Å². The van der Waals surface area contributed by atoms with Gasteiger partial charge in [0.05, 0.1) is 0 Å². The first-order valence-electron chi connectivity index (χ1n) is 11.7. The molecule has 0 aromatic carbocycles. The molecule has 9 heteroatoms. The number of nitrogens with zero attached hydrogens (tertiary/aromatic N) is 6. The van der Waals surface area contributed by atoms with Crippen molar-refractivity contribution in [2.24, 2.45) is 11.8 Å². The third-order valence-corrected chi connectivity index (χ3v) is 7.47. The van der Waals surface area contributed by atoms with Crippen LogP contribution in [0, 0.1) is 11.8 Å². The van der Waals surface area contributed by atoms with Gasteiger partial charge in [-0.05, 0) is 44.1 Å². The van der Waals surface area contributed by atoms with Crippen LogP contribution in [0.2, 0.25) is 0 Å². The lowest BCUT2D eigenvalue weighted by Gasteiger charge is -2.53. The summed E-state index contributed by atoms with van der Waals surface area (Å²) >= 11 is 0. The first-order valence-corrected chi connectivity index (χ1v) is 11.7. The van der Waals surface area contributed by atoms with Crippen molar-refractivity contribution < 1.29 is 14.4 Å². The number of likely N-dealkylation sites (tertiary alicyclic amines) is 1. The van der Waals surface area contributed by atoms with Crippen molar-refractivity contribution in [2.75, 3.05) is 45.8 Å². The Labute approximate surface area is 182 Å². The predicted molar refractivity (Wildman–Crippen MR) is 113 cm³/mol. The van der Waals surface area contributed by atoms with E-state index in [1.807, 2.05) is 22.9 Å². The molecule has 4 amide bonds. The molecule has 9 nitrogen and oxygen atoms in total. The number of aryl methyl sites for hydroxylation is 1. The Morgan fingerprint density at radius 2 is 1.84 bits per heavy atom. The maximum atomic E-state index is 13.2. The van der Waals surface area contributed by atoms with Crippen LogP contribution in [0.1, 0.15) is 43.1 Å². The fourth-order valence-electron chi connectivity index (χ4n) is 5.88. The van der Waals surface area contributed by atoms with Crippen molar-refractivity contribution in [1.82, 2.24) is 29.4 Å². The Morgan fingerprint density at radius 3 is 2.58 bits per heavy atom. The maximum absolute atomic E-state index is 13.2. The van der Waals surface area contributed by atoms with Crippen molar-refractivity contribution in [2.45, 2.75) is 45.2 Å². The highest BCUT2D eigenvalue weighted by atomic mass is 16.2. The van der Waals surface area contributed by atoms with E-state index in [0.717, 1.165) is 45.4 Å². The molecule has 1 aromatic rings. The Kier molecular flexibility index (Phi) is 5.35. The highest BCUT2D eigenvalue weighted by Crippen LogP contribution is 2.38. The second kappa shape index (κ2) is 8.16. The van der Waals surface area contributed by atoms with Gasteiger partial charge in [-0.2, -0.15) is 5.10 Å². The topological polar surface area (TPSA) is 82.0 Å². The summed E-state index contributed by atoms with van der Waals surface area (Å²) < 4.78 is 1.75. The summed E-state index contributed by atoms with van der Waals surface area (Å²) in [6.07, 6.45) is 5.67. The van der Waals surface area contributed by atoms with Gasteiger partial charge in [0.2, 0.25) is 5.91 Å². The molecule has 4 fully saturated rings. The standard InChI is InChI=1S/C22H32N6O3/c1-2-27-7-6-18(23-27)21(30)24-8-10-25(11-9-24)22(31)26-13-16-12-17(15-26)19-4-3-5-20(29)28(19)14-16/h6-7,16-17,19H,2-5,8-15H2,1H3/t16-,17-,19-/m1/s1. The summed E-state index contributed by atoms with van der Waals surface area (Å²) in [5, 5.41) is 4.31. The number of fused-ring (bicyclic) bond motifs is 4. The SMILES string of the molecule is CCn1ccc(C(=O)N2CCN(C(=O)N3C[C@H]4C[C@H](C3)[C@H]3CCCC(=O)N3C4)CC2)n1. The van der Waals surface area contributed by atoms with E-state index in [2.05, 4.69) is 10.00 Å². The van der Waals surface area contributed by atoms with Gasteiger partial charge in [0.15, 0.2) is 0 Å². The summed E-state index contributed by atoms with van der Waals surface area (Å²) in [4.78, 5) is 46.1. The van der Waals surface area contributed by atoms with Crippen LogP contribution < -0.4 is 0 Å². The van der Waals surface area contributed by atoms with Gasteiger partial charge in [0, 0.05) is 71.0 Å². The third-order valence-electron chi connectivity index (χ3n) is 7.47. The lowest BCUT2D eigenvalue weighted by Crippen LogP contribution is -2.63. The molecule has 2 bridgehead atoms. The molecular weight excluding hydrogens is 396 g/mol. The van der Waals surface area contributed by atoms with E-state index in [-0.39, 0.29) is 11.9 Å². The first-order chi connectivity index (χ1) is 15.0. The zero-order valence-electron chi connectivity index (χ0n) is 18.3. The minimum atomic E-state index is -0.0612. The van der Waals surface area contributed by atoms with Crippen molar-refractivity contribution >= 4 is 17.8 Å². The number of piperidine rings is 3. The van der Waals surface area contributed by atoms with E-state index in [9.17, 15) is 14.4 Å². The minimum Gasteiger partial charge on any atom is -0.339 e. The van der Waals surface area contributed by atoms with Gasteiger partial charge < -0.3 is 19.6 Å². The molecule has 0 spiro atoms. The number of hydrogen-bond acceptors (Lipinski definition) is 4. The molecule has 3 atom stereocenters. The molecule has 5 heterocycles. The van der Waals surface area contributed by atoms with Gasteiger partial charge in [0.25, 0.3) is 5.91 Å². The maximum Gasteiger partial charge on any atom is 0.320 e. The Bertz CT molecular complexity index is 861. The zero-order chi connectivity index (χ0) is 21.5. The predicted octanol–water partition coefficient (Wildman–Crippen LogP) is 1.11. The summed E-state index contributed by atoms with van der Waals surface area (Å²) in [5.74, 6) is 1.03. The third kappa shape index (κ3) is 3.78. The lowest BCUT2D eigenvalue weighted by molar-refractivity contribution is -0.144. The molecule has 4 saturated heterocycles. The van der Waals surface area contributed by atoms with Crippen molar-refractivity contribution in [3.63, 3.8) is 0 Å². The van der Waals surface area contributed by atoms with Gasteiger partial charge >= 0.3 is 6.03 Å². The van der Waals surface area contributed by atoms with E-state index in [4.69, 9.17) is 0 Å². The highest BCUT2D eigenvalue weighted by Gasteiger charge is 2.45. The molecular formula is C22H32N6O3. The summed E-state index contributed by atoms with van der Waals surface area (Å²) in [6, 6.07) is 2.16. The summed E-state index contributed by atoms with van der Waals surface area (Å²) in [5.41, 5.74) is 0.470. The molecule has 168 valence electrons. The number of amides is 4. The number of piperazine rings is 1. The first kappa shape index (κ1) is 20.3. The Morgan fingerprint density at radius 1 is 1.06 bits per heavy atom. The van der Waals surface area contributed by atoms with E-state index >= 15 is 0 Å². The van der Waals surface area contributed by atoms with Crippen LogP contribution in [-0.2, 0) is 11.3 Å². The smallest absolute Gasteiger partial charge is 0.320 e. The zero-order valence-corrected chi connectivity index (χ0v) is 18.3. The largest absolute Gasteiger partial charge is 0.339 e. The number of aromatic nitrogens is 2. The van der Waals surface area contributed by atoms with Crippen LogP contribution >= 0.6 is 0 Å². The molecule has 0 aliphatic carbocycles. The molecule has 1 aromatic heterocycles. The molecule has 0 unspecified atom stereocenters. The molecule has 31 heavy (non-hydrogen) atoms. The van der Waals surface area contributed by atoms with Gasteiger partial charge in [-0.3, -0.25) is 14.3 Å². The van der Waals surface area contributed by atoms with E-state index in [0.29, 0.717) is 62.1 Å². The van der Waals surface area contributed by atoms with Crippen LogP contribution in [0.3, 0.4) is 0 Å². The average Bonchev–Trinajstić information content (AvgIpc) is 3.28. The van der Waals surface area contributed by atoms with Crippen molar-refractivity contribution in [3.8, 4) is 0 Å². The number of urea groups is 1. The second-order valence-corrected chi connectivity index (χ2v) is 9.39. The van der Waals surface area contributed by atoms with Crippen LogP contribution in [0.5, 0.6) is 0 Å². The summed E-state index contributed by atoms with van der Waals surface area (Å²) in [7, 11) is 0. The molecule has 4 aliphatic rings. The molecule has 5 rings (SSSR count). The summed E-state index contributed by atoms with van der Waals surface area (Å²) in [6.45, 7) is 7.19. The van der Waals surface area contributed by atoms with Crippen molar-refractivity contribution in [1.29, 1.82) is 0 Å². The fraction of sp³-hybridized carbons (Fsp3) is 0.727. The van der Waals surface area contributed by atoms with Crippen LogP contribution in [0.25, 0.3) is 0 Å². The Hall–Kier alpha value is -2.58. The Balaban J connectivity index is 1.17. The van der Waals surface area contributed by atoms with E-state index < -0.39 is 0 Å². The minimum absolute atomic E-state index is 0.0612. The van der Waals surface area contributed by atoms with Gasteiger partial charge in [-0.15, -0.1) is 0 Å². The second-order valence-electron chi connectivity index (χ2n) is 9.39. The van der Waals surface area contributed by atoms with E-state index in [1.165, 1.54) is 0 Å². The molecule has 0 saturated carbocycles. The quantitative estimate of drug-likeness (QED) is 0.707. The molecule has 0 radical (unpaired) electrons. The van der Waals surface area contributed by atoms with Crippen LogP contribution in [-0.4, -0.2) is 99.1 Å². The fourth-order valence-corrected chi connectivity index (χ4v) is 5.88. The lowest BCUT2D eigenvalue weighted by atomic mass is 9.76. The molecule has 0 N–H and O–H groups in total. The normalized spacial score (nSPS) is 28.5. The van der Waals surface area contributed by atoms with Crippen LogP contribution in [0.15, 0.2) is 12.3 Å². The van der Waals surface area contributed by atoms with E-state index in [1.54, 1.807) is 15.6 Å². The molecule has 4 aliphatic heterocycles. The van der Waals surface area contributed by atoms with Crippen molar-refractivity contribution in [3.05, 3.63) is 18.0 Å². The number of carbonyl (C=O) groups is 3.